The molecule has 0 saturated carbocycles. The van der Waals surface area contributed by atoms with Crippen molar-refractivity contribution < 1.29 is 23.0 Å². The Hall–Kier alpha value is -4.51. The van der Waals surface area contributed by atoms with E-state index in [2.05, 4.69) is 14.7 Å². The third-order valence-electron chi connectivity index (χ3n) is 11.8. The number of benzene rings is 3. The molecule has 11 heteroatoms. The summed E-state index contributed by atoms with van der Waals surface area (Å²) in [5, 5.41) is 0.947. The molecule has 0 aliphatic carbocycles. The molecule has 2 bridgehead atoms. The Morgan fingerprint density at radius 3 is 2.44 bits per heavy atom. The molecule has 0 radical (unpaired) electrons. The normalized spacial score (nSPS) is 22.6. The van der Waals surface area contributed by atoms with Crippen LogP contribution in [0.2, 0.25) is 0 Å². The van der Waals surface area contributed by atoms with Gasteiger partial charge in [-0.2, -0.15) is 9.97 Å². The highest BCUT2D eigenvalue weighted by atomic mass is 19.2. The fourth-order valence-electron chi connectivity index (χ4n) is 9.30. The van der Waals surface area contributed by atoms with Crippen molar-refractivity contribution in [3.05, 3.63) is 89.1 Å². The molecule has 3 aromatic carbocycles. The summed E-state index contributed by atoms with van der Waals surface area (Å²) >= 11 is 0. The van der Waals surface area contributed by atoms with Crippen LogP contribution in [0.1, 0.15) is 55.3 Å². The molecule has 9 rings (SSSR count). The van der Waals surface area contributed by atoms with Crippen molar-refractivity contribution in [2.24, 2.45) is 0 Å². The van der Waals surface area contributed by atoms with Gasteiger partial charge in [0.15, 0.2) is 11.6 Å². The second-order valence-corrected chi connectivity index (χ2v) is 14.6. The number of aromatic nitrogens is 2. The molecule has 0 spiro atoms. The van der Waals surface area contributed by atoms with Crippen LogP contribution in [0.5, 0.6) is 6.01 Å². The van der Waals surface area contributed by atoms with Gasteiger partial charge in [0.05, 0.1) is 29.9 Å². The highest BCUT2D eigenvalue weighted by molar-refractivity contribution is 5.95. The predicted octanol–water partition coefficient (Wildman–Crippen LogP) is 6.47. The monoisotopic (exact) mass is 680 g/mol. The largest absolute Gasteiger partial charge is 0.461 e. The van der Waals surface area contributed by atoms with Crippen LogP contribution in [-0.2, 0) is 24.3 Å². The average Bonchev–Trinajstić information content (AvgIpc) is 3.81. The maximum atomic E-state index is 15.2. The first-order valence-corrected chi connectivity index (χ1v) is 18.1. The van der Waals surface area contributed by atoms with Gasteiger partial charge < -0.3 is 19.3 Å². The van der Waals surface area contributed by atoms with Gasteiger partial charge in [-0.15, -0.1) is 0 Å². The molecule has 4 aromatic rings. The molecular formula is C39H42F2N6O3. The van der Waals surface area contributed by atoms with Crippen molar-refractivity contribution in [3.63, 3.8) is 0 Å². The molecule has 260 valence electrons. The molecule has 4 fully saturated rings. The van der Waals surface area contributed by atoms with Crippen LogP contribution in [0.25, 0.3) is 10.8 Å². The summed E-state index contributed by atoms with van der Waals surface area (Å²) in [6.45, 7) is 5.35. The Morgan fingerprint density at radius 2 is 1.66 bits per heavy atom. The Balaban J connectivity index is 1.01. The third-order valence-corrected chi connectivity index (χ3v) is 11.8. The summed E-state index contributed by atoms with van der Waals surface area (Å²) in [6.07, 6.45) is 6.79. The lowest BCUT2D eigenvalue weighted by molar-refractivity contribution is 0.0732. The maximum Gasteiger partial charge on any atom is 0.410 e. The van der Waals surface area contributed by atoms with E-state index in [1.54, 1.807) is 6.07 Å². The summed E-state index contributed by atoms with van der Waals surface area (Å²) in [6, 6.07) is 18.5. The van der Waals surface area contributed by atoms with E-state index in [1.807, 2.05) is 53.4 Å². The summed E-state index contributed by atoms with van der Waals surface area (Å²) in [5.74, 6) is -0.822. The molecule has 50 heavy (non-hydrogen) atoms. The Labute approximate surface area is 290 Å². The molecule has 2 unspecified atom stereocenters. The van der Waals surface area contributed by atoms with Crippen LogP contribution in [-0.4, -0.2) is 82.8 Å². The lowest BCUT2D eigenvalue weighted by Gasteiger charge is -2.42. The second kappa shape index (κ2) is 12.7. The minimum absolute atomic E-state index is 0.0186. The van der Waals surface area contributed by atoms with Crippen LogP contribution < -0.4 is 14.5 Å². The first-order valence-electron chi connectivity index (χ1n) is 18.1. The van der Waals surface area contributed by atoms with E-state index in [1.165, 1.54) is 18.9 Å². The van der Waals surface area contributed by atoms with Crippen LogP contribution in [0.15, 0.2) is 60.7 Å². The van der Waals surface area contributed by atoms with Crippen molar-refractivity contribution in [1.82, 2.24) is 19.8 Å². The van der Waals surface area contributed by atoms with Gasteiger partial charge >= 0.3 is 12.1 Å². The van der Waals surface area contributed by atoms with Crippen LogP contribution in [0.4, 0.5) is 25.1 Å². The standard InChI is InChI=1S/C39H42F2N6O3/c40-31-14-11-27-9-4-10-33(34(27)35(31)41)44-20-15-30-32(23-44)42-37(50-25-39-16-5-18-46(39)19-6-17-39)43-36(30)45-21-28-12-13-29(22-45)47(28)38(48)49-24-26-7-2-1-3-8-26/h1-4,7-11,14,28-29H,5-6,12-13,15-25H2. The first-order chi connectivity index (χ1) is 24.5. The maximum absolute atomic E-state index is 15.2. The summed E-state index contributed by atoms with van der Waals surface area (Å²) in [7, 11) is 0. The second-order valence-electron chi connectivity index (χ2n) is 14.6. The van der Waals surface area contributed by atoms with Gasteiger partial charge in [0.2, 0.25) is 0 Å². The van der Waals surface area contributed by atoms with Crippen molar-refractivity contribution in [3.8, 4) is 6.01 Å². The van der Waals surface area contributed by atoms with Crippen molar-refractivity contribution in [1.29, 1.82) is 0 Å². The number of fused-ring (bicyclic) bond motifs is 5. The number of hydrogen-bond donors (Lipinski definition) is 0. The van der Waals surface area contributed by atoms with E-state index >= 15 is 4.39 Å². The summed E-state index contributed by atoms with van der Waals surface area (Å²) in [5.41, 5.74) is 3.56. The zero-order valence-corrected chi connectivity index (χ0v) is 28.2. The van der Waals surface area contributed by atoms with E-state index in [4.69, 9.17) is 19.4 Å². The van der Waals surface area contributed by atoms with Crippen molar-refractivity contribution in [2.75, 3.05) is 49.1 Å². The molecule has 5 aliphatic heterocycles. The summed E-state index contributed by atoms with van der Waals surface area (Å²) < 4.78 is 42.0. The molecule has 6 heterocycles. The number of rotatable bonds is 7. The molecule has 5 aliphatic rings. The molecule has 2 atom stereocenters. The third kappa shape index (κ3) is 5.50. The summed E-state index contributed by atoms with van der Waals surface area (Å²) in [4.78, 5) is 32.4. The lowest BCUT2D eigenvalue weighted by atomic mass is 9.95. The van der Waals surface area contributed by atoms with Crippen molar-refractivity contribution in [2.45, 2.75) is 75.7 Å². The van der Waals surface area contributed by atoms with Gasteiger partial charge in [0.1, 0.15) is 19.0 Å². The van der Waals surface area contributed by atoms with Gasteiger partial charge in [-0.1, -0.05) is 48.5 Å². The lowest BCUT2D eigenvalue weighted by Crippen LogP contribution is -2.56. The number of piperazine rings is 1. The topological polar surface area (TPSA) is 74.3 Å². The number of nitrogens with zero attached hydrogens (tertiary/aromatic N) is 6. The molecule has 1 amide bonds. The fourth-order valence-corrected chi connectivity index (χ4v) is 9.30. The number of ether oxygens (including phenoxy) is 2. The van der Waals surface area contributed by atoms with Crippen molar-refractivity contribution >= 4 is 28.4 Å². The van der Waals surface area contributed by atoms with E-state index in [9.17, 15) is 9.18 Å². The SMILES string of the molecule is O=C(OCc1ccccc1)N1C2CCC1CN(c1nc(OCC34CCCN3CCC4)nc3c1CCN(c1cccc4ccc(F)c(F)c14)C3)C2. The van der Waals surface area contributed by atoms with Gasteiger partial charge in [-0.3, -0.25) is 9.80 Å². The number of anilines is 2. The molecule has 9 nitrogen and oxygen atoms in total. The van der Waals surface area contributed by atoms with Gasteiger partial charge in [0.25, 0.3) is 0 Å². The molecule has 4 saturated heterocycles. The molecular weight excluding hydrogens is 638 g/mol. The van der Waals surface area contributed by atoms with Gasteiger partial charge in [0, 0.05) is 36.3 Å². The fraction of sp³-hybridized carbons (Fsp3) is 0.462. The minimum Gasteiger partial charge on any atom is -0.461 e. The van der Waals surface area contributed by atoms with Crippen LogP contribution in [0, 0.1) is 11.6 Å². The zero-order valence-electron chi connectivity index (χ0n) is 28.2. The number of amides is 1. The van der Waals surface area contributed by atoms with Gasteiger partial charge in [-0.05, 0) is 81.1 Å². The smallest absolute Gasteiger partial charge is 0.410 e. The number of carbonyl (C=O) groups excluding carboxylic acids is 1. The van der Waals surface area contributed by atoms with E-state index in [0.29, 0.717) is 56.3 Å². The number of hydrogen-bond acceptors (Lipinski definition) is 8. The van der Waals surface area contributed by atoms with E-state index in [0.717, 1.165) is 61.4 Å². The Kier molecular flexibility index (Phi) is 7.98. The predicted molar refractivity (Wildman–Crippen MR) is 186 cm³/mol. The van der Waals surface area contributed by atoms with E-state index in [-0.39, 0.29) is 35.7 Å². The highest BCUT2D eigenvalue weighted by Crippen LogP contribution is 2.41. The molecule has 1 aromatic heterocycles. The molecule has 0 N–H and O–H groups in total. The van der Waals surface area contributed by atoms with Gasteiger partial charge in [-0.25, -0.2) is 13.6 Å². The average molecular weight is 681 g/mol. The Bertz CT molecular complexity index is 1900. The quantitative estimate of drug-likeness (QED) is 0.220. The zero-order chi connectivity index (χ0) is 33.8. The minimum atomic E-state index is -0.854. The van der Waals surface area contributed by atoms with Crippen LogP contribution >= 0.6 is 0 Å². The first kappa shape index (κ1) is 31.5. The Morgan fingerprint density at radius 1 is 0.880 bits per heavy atom. The van der Waals surface area contributed by atoms with E-state index < -0.39 is 11.6 Å². The number of carbonyl (C=O) groups is 1. The van der Waals surface area contributed by atoms with Crippen LogP contribution in [0.3, 0.4) is 0 Å². The number of halogens is 2. The highest BCUT2D eigenvalue weighted by Gasteiger charge is 2.46.